The van der Waals surface area contributed by atoms with Gasteiger partial charge in [-0.3, -0.25) is 14.9 Å². The Balaban J connectivity index is 1.99. The van der Waals surface area contributed by atoms with Crippen molar-refractivity contribution < 1.29 is 9.72 Å². The van der Waals surface area contributed by atoms with E-state index in [1.165, 1.54) is 18.6 Å². The van der Waals surface area contributed by atoms with Crippen molar-refractivity contribution in [2.45, 2.75) is 32.2 Å². The number of anilines is 1. The highest BCUT2D eigenvalue weighted by molar-refractivity contribution is 5.84. The van der Waals surface area contributed by atoms with E-state index in [0.29, 0.717) is 5.69 Å². The van der Waals surface area contributed by atoms with Crippen LogP contribution in [-0.4, -0.2) is 34.9 Å². The number of non-ortho nitro benzene ring substituents is 1. The average Bonchev–Trinajstić information content (AvgIpc) is 2.47. The summed E-state index contributed by atoms with van der Waals surface area (Å²) in [6.07, 6.45) is 3.28. The molecule has 6 heteroatoms. The first-order valence-corrected chi connectivity index (χ1v) is 6.88. The fourth-order valence-electron chi connectivity index (χ4n) is 2.41. The van der Waals surface area contributed by atoms with Crippen LogP contribution in [0.1, 0.15) is 26.2 Å². The van der Waals surface area contributed by atoms with Crippen molar-refractivity contribution >= 4 is 17.3 Å². The maximum atomic E-state index is 12.3. The Bertz CT molecular complexity index is 498. The Labute approximate surface area is 117 Å². The maximum Gasteiger partial charge on any atom is 0.271 e. The molecule has 0 bridgehead atoms. The molecule has 0 spiro atoms. The molecule has 0 aromatic heterocycles. The van der Waals surface area contributed by atoms with Gasteiger partial charge in [0.25, 0.3) is 5.69 Å². The topological polar surface area (TPSA) is 75.5 Å². The zero-order valence-electron chi connectivity index (χ0n) is 11.5. The summed E-state index contributed by atoms with van der Waals surface area (Å²) in [6.45, 7) is 3.40. The van der Waals surface area contributed by atoms with Crippen LogP contribution in [0.3, 0.4) is 0 Å². The number of rotatable bonds is 4. The van der Waals surface area contributed by atoms with E-state index in [9.17, 15) is 14.9 Å². The molecule has 6 nitrogen and oxygen atoms in total. The third kappa shape index (κ3) is 3.46. The highest BCUT2D eigenvalue weighted by atomic mass is 16.6. The minimum atomic E-state index is -0.442. The largest absolute Gasteiger partial charge is 0.374 e. The van der Waals surface area contributed by atoms with E-state index < -0.39 is 4.92 Å². The number of carbonyl (C=O) groups is 1. The molecule has 1 aliphatic heterocycles. The van der Waals surface area contributed by atoms with Crippen molar-refractivity contribution in [3.05, 3.63) is 34.4 Å². The number of amides is 1. The molecule has 20 heavy (non-hydrogen) atoms. The van der Waals surface area contributed by atoms with Gasteiger partial charge in [0.1, 0.15) is 6.04 Å². The van der Waals surface area contributed by atoms with Gasteiger partial charge in [-0.15, -0.1) is 0 Å². The fourth-order valence-corrected chi connectivity index (χ4v) is 2.41. The molecule has 1 aromatic carbocycles. The summed E-state index contributed by atoms with van der Waals surface area (Å²) in [7, 11) is 0. The van der Waals surface area contributed by atoms with Gasteiger partial charge in [-0.05, 0) is 32.3 Å². The van der Waals surface area contributed by atoms with E-state index in [2.05, 4.69) is 5.32 Å². The van der Waals surface area contributed by atoms with E-state index in [-0.39, 0.29) is 17.6 Å². The summed E-state index contributed by atoms with van der Waals surface area (Å²) in [5.41, 5.74) is 0.615. The molecule has 1 amide bonds. The van der Waals surface area contributed by atoms with E-state index in [1.807, 2.05) is 4.90 Å². The second-order valence-corrected chi connectivity index (χ2v) is 5.06. The zero-order valence-corrected chi connectivity index (χ0v) is 11.5. The second kappa shape index (κ2) is 6.36. The lowest BCUT2D eigenvalue weighted by molar-refractivity contribution is -0.384. The van der Waals surface area contributed by atoms with E-state index >= 15 is 0 Å². The van der Waals surface area contributed by atoms with Gasteiger partial charge in [0.05, 0.1) is 4.92 Å². The van der Waals surface area contributed by atoms with E-state index in [1.54, 1.807) is 19.1 Å². The fraction of sp³-hybridized carbons (Fsp3) is 0.500. The molecule has 1 fully saturated rings. The smallest absolute Gasteiger partial charge is 0.271 e. The molecule has 1 aromatic rings. The lowest BCUT2D eigenvalue weighted by atomic mass is 10.1. The molecule has 0 aliphatic carbocycles. The van der Waals surface area contributed by atoms with Gasteiger partial charge in [-0.25, -0.2) is 0 Å². The molecule has 1 heterocycles. The number of nitrogens with one attached hydrogen (secondary N) is 1. The molecular formula is C14H19N3O3. The van der Waals surface area contributed by atoms with Gasteiger partial charge in [0.2, 0.25) is 5.91 Å². The number of benzene rings is 1. The normalized spacial score (nSPS) is 16.6. The molecule has 1 atom stereocenters. The third-order valence-electron chi connectivity index (χ3n) is 3.48. The van der Waals surface area contributed by atoms with Gasteiger partial charge in [0.15, 0.2) is 0 Å². The number of nitro benzene ring substituents is 1. The maximum absolute atomic E-state index is 12.3. The van der Waals surface area contributed by atoms with Crippen molar-refractivity contribution in [3.8, 4) is 0 Å². The van der Waals surface area contributed by atoms with Crippen LogP contribution in [-0.2, 0) is 4.79 Å². The number of piperidine rings is 1. The number of nitro groups is 1. The highest BCUT2D eigenvalue weighted by Gasteiger charge is 2.22. The first-order valence-electron chi connectivity index (χ1n) is 6.88. The average molecular weight is 277 g/mol. The Morgan fingerprint density at radius 3 is 2.70 bits per heavy atom. The number of nitrogens with zero attached hydrogens (tertiary/aromatic N) is 2. The van der Waals surface area contributed by atoms with E-state index in [4.69, 9.17) is 0 Å². The molecular weight excluding hydrogens is 258 g/mol. The first-order chi connectivity index (χ1) is 9.58. The highest BCUT2D eigenvalue weighted by Crippen LogP contribution is 2.18. The Morgan fingerprint density at radius 2 is 2.05 bits per heavy atom. The molecule has 1 unspecified atom stereocenters. The monoisotopic (exact) mass is 277 g/mol. The van der Waals surface area contributed by atoms with Gasteiger partial charge >= 0.3 is 0 Å². The molecule has 0 radical (unpaired) electrons. The Hall–Kier alpha value is -2.11. The summed E-state index contributed by atoms with van der Waals surface area (Å²) in [5.74, 6) is 0.0520. The molecule has 0 saturated carbocycles. The van der Waals surface area contributed by atoms with Crippen LogP contribution in [0.2, 0.25) is 0 Å². The molecule has 1 aliphatic rings. The van der Waals surface area contributed by atoms with Gasteiger partial charge in [-0.2, -0.15) is 0 Å². The SMILES string of the molecule is CC(Nc1cccc([N+](=O)[O-])c1)C(=O)N1CCCCC1. The Kier molecular flexibility index (Phi) is 4.55. The summed E-state index contributed by atoms with van der Waals surface area (Å²) in [4.78, 5) is 24.4. The molecule has 1 saturated heterocycles. The predicted molar refractivity (Wildman–Crippen MR) is 76.6 cm³/mol. The van der Waals surface area contributed by atoms with Crippen LogP contribution in [0.4, 0.5) is 11.4 Å². The zero-order chi connectivity index (χ0) is 14.5. The minimum absolute atomic E-state index is 0.0209. The quantitative estimate of drug-likeness (QED) is 0.677. The summed E-state index contributed by atoms with van der Waals surface area (Å²) < 4.78 is 0. The standard InChI is InChI=1S/C14H19N3O3/c1-11(14(18)16-8-3-2-4-9-16)15-12-6-5-7-13(10-12)17(19)20/h5-7,10-11,15H,2-4,8-9H2,1H3. The summed E-state index contributed by atoms with van der Waals surface area (Å²) in [6, 6.07) is 5.84. The van der Waals surface area contributed by atoms with Crippen LogP contribution in [0.15, 0.2) is 24.3 Å². The van der Waals surface area contributed by atoms with E-state index in [0.717, 1.165) is 25.9 Å². The molecule has 1 N–H and O–H groups in total. The molecule has 108 valence electrons. The van der Waals surface area contributed by atoms with Gasteiger partial charge in [0, 0.05) is 30.9 Å². The third-order valence-corrected chi connectivity index (χ3v) is 3.48. The van der Waals surface area contributed by atoms with Crippen LogP contribution in [0.25, 0.3) is 0 Å². The van der Waals surface area contributed by atoms with Crippen molar-refractivity contribution in [2.75, 3.05) is 18.4 Å². The number of likely N-dealkylation sites (tertiary alicyclic amines) is 1. The number of carbonyl (C=O) groups excluding carboxylic acids is 1. The van der Waals surface area contributed by atoms with Crippen LogP contribution in [0, 0.1) is 10.1 Å². The molecule has 2 rings (SSSR count). The van der Waals surface area contributed by atoms with Crippen molar-refractivity contribution in [1.29, 1.82) is 0 Å². The first kappa shape index (κ1) is 14.3. The van der Waals surface area contributed by atoms with Crippen molar-refractivity contribution in [3.63, 3.8) is 0 Å². The second-order valence-electron chi connectivity index (χ2n) is 5.06. The predicted octanol–water partition coefficient (Wildman–Crippen LogP) is 2.41. The number of hydrogen-bond acceptors (Lipinski definition) is 4. The lowest BCUT2D eigenvalue weighted by Crippen LogP contribution is -2.43. The van der Waals surface area contributed by atoms with Gasteiger partial charge in [-0.1, -0.05) is 6.07 Å². The van der Waals surface area contributed by atoms with Crippen molar-refractivity contribution in [1.82, 2.24) is 4.90 Å². The number of hydrogen-bond donors (Lipinski definition) is 1. The minimum Gasteiger partial charge on any atom is -0.374 e. The van der Waals surface area contributed by atoms with Crippen LogP contribution >= 0.6 is 0 Å². The van der Waals surface area contributed by atoms with Gasteiger partial charge < -0.3 is 10.2 Å². The summed E-state index contributed by atoms with van der Waals surface area (Å²) >= 11 is 0. The summed E-state index contributed by atoms with van der Waals surface area (Å²) in [5, 5.41) is 13.8. The van der Waals surface area contributed by atoms with Crippen LogP contribution < -0.4 is 5.32 Å². The lowest BCUT2D eigenvalue weighted by Gasteiger charge is -2.29. The van der Waals surface area contributed by atoms with Crippen LogP contribution in [0.5, 0.6) is 0 Å². The van der Waals surface area contributed by atoms with Crippen molar-refractivity contribution in [2.24, 2.45) is 0 Å². The Morgan fingerprint density at radius 1 is 1.35 bits per heavy atom.